The monoisotopic (exact) mass is 226 g/mol. The van der Waals surface area contributed by atoms with Crippen molar-refractivity contribution >= 4 is 0 Å². The Hall–Kier alpha value is -0.970. The number of hydrogen-bond donors (Lipinski definition) is 1. The van der Waals surface area contributed by atoms with Gasteiger partial charge in [-0.25, -0.2) is 4.39 Å². The number of nitrogens with two attached hydrogens (primary N) is 1. The van der Waals surface area contributed by atoms with Gasteiger partial charge in [0, 0.05) is 32.3 Å². The quantitative estimate of drug-likeness (QED) is 0.796. The van der Waals surface area contributed by atoms with Gasteiger partial charge in [-0.05, 0) is 18.7 Å². The minimum absolute atomic E-state index is 0.179. The molecule has 1 aromatic carbocycles. The van der Waals surface area contributed by atoms with Gasteiger partial charge in [0.05, 0.1) is 6.61 Å². The van der Waals surface area contributed by atoms with E-state index in [0.717, 1.165) is 12.1 Å². The highest BCUT2D eigenvalue weighted by Crippen LogP contribution is 2.12. The highest BCUT2D eigenvalue weighted by Gasteiger charge is 2.06. The third kappa shape index (κ3) is 3.89. The summed E-state index contributed by atoms with van der Waals surface area (Å²) < 4.78 is 18.5. The van der Waals surface area contributed by atoms with E-state index in [-0.39, 0.29) is 5.82 Å². The zero-order chi connectivity index (χ0) is 12.0. The number of benzene rings is 1. The first-order valence-corrected chi connectivity index (χ1v) is 5.32. The van der Waals surface area contributed by atoms with Gasteiger partial charge in [0.2, 0.25) is 0 Å². The van der Waals surface area contributed by atoms with Gasteiger partial charge in [-0.15, -0.1) is 0 Å². The molecule has 90 valence electrons. The average Bonchev–Trinajstić information content (AvgIpc) is 2.29. The predicted octanol–water partition coefficient (Wildman–Crippen LogP) is 1.36. The van der Waals surface area contributed by atoms with E-state index in [9.17, 15) is 4.39 Å². The number of hydrogen-bond acceptors (Lipinski definition) is 3. The van der Waals surface area contributed by atoms with Crippen molar-refractivity contribution < 1.29 is 9.13 Å². The maximum Gasteiger partial charge on any atom is 0.127 e. The van der Waals surface area contributed by atoms with Gasteiger partial charge in [0.25, 0.3) is 0 Å². The summed E-state index contributed by atoms with van der Waals surface area (Å²) in [6.07, 6.45) is 0. The van der Waals surface area contributed by atoms with E-state index < -0.39 is 0 Å². The normalized spacial score (nSPS) is 11.1. The van der Waals surface area contributed by atoms with Gasteiger partial charge < -0.3 is 10.5 Å². The number of rotatable bonds is 6. The Kier molecular flexibility index (Phi) is 5.38. The first-order chi connectivity index (χ1) is 7.67. The van der Waals surface area contributed by atoms with Crippen LogP contribution in [0, 0.1) is 5.82 Å². The molecule has 0 spiro atoms. The zero-order valence-corrected chi connectivity index (χ0v) is 9.87. The van der Waals surface area contributed by atoms with E-state index in [1.54, 1.807) is 13.2 Å². The van der Waals surface area contributed by atoms with Crippen LogP contribution in [-0.4, -0.2) is 32.2 Å². The minimum atomic E-state index is -0.179. The molecule has 2 N–H and O–H groups in total. The number of nitrogens with zero attached hydrogens (tertiary/aromatic N) is 1. The number of ether oxygens (including phenoxy) is 1. The Labute approximate surface area is 96.0 Å². The van der Waals surface area contributed by atoms with Gasteiger partial charge in [0.1, 0.15) is 5.82 Å². The van der Waals surface area contributed by atoms with Crippen LogP contribution < -0.4 is 5.73 Å². The fourth-order valence-electron chi connectivity index (χ4n) is 1.49. The molecule has 3 nitrogen and oxygen atoms in total. The minimum Gasteiger partial charge on any atom is -0.383 e. The highest BCUT2D eigenvalue weighted by molar-refractivity contribution is 5.24. The van der Waals surface area contributed by atoms with E-state index in [1.807, 2.05) is 18.0 Å². The molecule has 1 aromatic rings. The highest BCUT2D eigenvalue weighted by atomic mass is 19.1. The smallest absolute Gasteiger partial charge is 0.127 e. The zero-order valence-electron chi connectivity index (χ0n) is 9.87. The SMILES string of the molecule is COCCN(C)Cc1cc(CN)ccc1F. The molecule has 0 aliphatic carbocycles. The van der Waals surface area contributed by atoms with Gasteiger partial charge in [0.15, 0.2) is 0 Å². The summed E-state index contributed by atoms with van der Waals surface area (Å²) in [6, 6.07) is 5.01. The molecule has 4 heteroatoms. The van der Waals surface area contributed by atoms with Gasteiger partial charge in [-0.3, -0.25) is 4.90 Å². The summed E-state index contributed by atoms with van der Waals surface area (Å²) in [4.78, 5) is 2.02. The Bertz CT molecular complexity index is 331. The Morgan fingerprint density at radius 3 is 2.81 bits per heavy atom. The van der Waals surface area contributed by atoms with Gasteiger partial charge in [-0.1, -0.05) is 12.1 Å². The van der Waals surface area contributed by atoms with E-state index in [1.165, 1.54) is 6.07 Å². The van der Waals surface area contributed by atoms with E-state index >= 15 is 0 Å². The molecule has 16 heavy (non-hydrogen) atoms. The van der Waals surface area contributed by atoms with Crippen molar-refractivity contribution in [3.63, 3.8) is 0 Å². The second-order valence-electron chi connectivity index (χ2n) is 3.86. The second-order valence-corrected chi connectivity index (χ2v) is 3.86. The van der Waals surface area contributed by atoms with Crippen molar-refractivity contribution in [1.29, 1.82) is 0 Å². The number of likely N-dealkylation sites (N-methyl/N-ethyl adjacent to an activating group) is 1. The third-order valence-electron chi connectivity index (χ3n) is 2.46. The molecule has 0 unspecified atom stereocenters. The fourth-order valence-corrected chi connectivity index (χ4v) is 1.49. The van der Waals surface area contributed by atoms with Crippen molar-refractivity contribution in [2.45, 2.75) is 13.1 Å². The summed E-state index contributed by atoms with van der Waals surface area (Å²) in [6.45, 7) is 2.44. The van der Waals surface area contributed by atoms with Crippen LogP contribution in [0.1, 0.15) is 11.1 Å². The van der Waals surface area contributed by atoms with Crippen molar-refractivity contribution in [2.75, 3.05) is 27.3 Å². The summed E-state index contributed by atoms with van der Waals surface area (Å²) in [5.41, 5.74) is 7.16. The molecule has 0 saturated heterocycles. The lowest BCUT2D eigenvalue weighted by Gasteiger charge is -2.16. The molecular weight excluding hydrogens is 207 g/mol. The lowest BCUT2D eigenvalue weighted by atomic mass is 10.1. The van der Waals surface area contributed by atoms with Crippen LogP contribution >= 0.6 is 0 Å². The van der Waals surface area contributed by atoms with Gasteiger partial charge >= 0.3 is 0 Å². The van der Waals surface area contributed by atoms with Gasteiger partial charge in [-0.2, -0.15) is 0 Å². The van der Waals surface area contributed by atoms with Crippen molar-refractivity contribution in [1.82, 2.24) is 4.90 Å². The maximum absolute atomic E-state index is 13.5. The molecule has 0 radical (unpaired) electrons. The molecule has 0 fully saturated rings. The fraction of sp³-hybridized carbons (Fsp3) is 0.500. The van der Waals surface area contributed by atoms with E-state index in [2.05, 4.69) is 0 Å². The van der Waals surface area contributed by atoms with Crippen LogP contribution in [0.4, 0.5) is 4.39 Å². The number of halogens is 1. The van der Waals surface area contributed by atoms with Crippen molar-refractivity contribution in [3.05, 3.63) is 35.1 Å². The van der Waals surface area contributed by atoms with E-state index in [0.29, 0.717) is 25.3 Å². The number of methoxy groups -OCH3 is 1. The van der Waals surface area contributed by atoms with Crippen molar-refractivity contribution in [3.8, 4) is 0 Å². The van der Waals surface area contributed by atoms with Crippen molar-refractivity contribution in [2.24, 2.45) is 5.73 Å². The largest absolute Gasteiger partial charge is 0.383 e. The van der Waals surface area contributed by atoms with Crippen LogP contribution in [0.3, 0.4) is 0 Å². The van der Waals surface area contributed by atoms with Crippen LogP contribution in [0.15, 0.2) is 18.2 Å². The predicted molar refractivity (Wildman–Crippen MR) is 62.5 cm³/mol. The molecular formula is C12H19FN2O. The molecule has 0 amide bonds. The van der Waals surface area contributed by atoms with Crippen LogP contribution in [0.5, 0.6) is 0 Å². The Morgan fingerprint density at radius 1 is 1.44 bits per heavy atom. The lowest BCUT2D eigenvalue weighted by Crippen LogP contribution is -2.23. The third-order valence-corrected chi connectivity index (χ3v) is 2.46. The molecule has 0 heterocycles. The first-order valence-electron chi connectivity index (χ1n) is 5.32. The topological polar surface area (TPSA) is 38.5 Å². The Morgan fingerprint density at radius 2 is 2.19 bits per heavy atom. The molecule has 0 atom stereocenters. The molecule has 0 saturated carbocycles. The molecule has 0 aromatic heterocycles. The molecule has 0 bridgehead atoms. The summed E-state index contributed by atoms with van der Waals surface area (Å²) in [5, 5.41) is 0. The second kappa shape index (κ2) is 6.58. The Balaban J connectivity index is 2.64. The summed E-state index contributed by atoms with van der Waals surface area (Å²) >= 11 is 0. The summed E-state index contributed by atoms with van der Waals surface area (Å²) in [5.74, 6) is -0.179. The molecule has 0 aliphatic heterocycles. The maximum atomic E-state index is 13.5. The van der Waals surface area contributed by atoms with Crippen LogP contribution in [0.2, 0.25) is 0 Å². The van der Waals surface area contributed by atoms with E-state index in [4.69, 9.17) is 10.5 Å². The molecule has 1 rings (SSSR count). The molecule has 0 aliphatic rings. The summed E-state index contributed by atoms with van der Waals surface area (Å²) in [7, 11) is 3.59. The van der Waals surface area contributed by atoms with Crippen LogP contribution in [-0.2, 0) is 17.8 Å². The lowest BCUT2D eigenvalue weighted by molar-refractivity contribution is 0.158. The standard InChI is InChI=1S/C12H19FN2O/c1-15(5-6-16-2)9-11-7-10(8-14)3-4-12(11)13/h3-4,7H,5-6,8-9,14H2,1-2H3. The first kappa shape index (κ1) is 13.1. The average molecular weight is 226 g/mol. The van der Waals surface area contributed by atoms with Crippen LogP contribution in [0.25, 0.3) is 0 Å².